The highest BCUT2D eigenvalue weighted by Crippen LogP contribution is 2.34. The van der Waals surface area contributed by atoms with Gasteiger partial charge in [-0.15, -0.1) is 0 Å². The highest BCUT2D eigenvalue weighted by atomic mass is 19.1. The summed E-state index contributed by atoms with van der Waals surface area (Å²) in [6.45, 7) is 5.13. The van der Waals surface area contributed by atoms with E-state index in [2.05, 4.69) is 5.32 Å². The summed E-state index contributed by atoms with van der Waals surface area (Å²) in [4.78, 5) is 13.8. The molecule has 2 N–H and O–H groups in total. The number of hydrogen-bond acceptors (Lipinski definition) is 3. The van der Waals surface area contributed by atoms with Crippen molar-refractivity contribution >= 4 is 6.03 Å². The van der Waals surface area contributed by atoms with Crippen molar-refractivity contribution in [2.24, 2.45) is 0 Å². The van der Waals surface area contributed by atoms with E-state index in [1.807, 2.05) is 6.07 Å². The lowest BCUT2D eigenvalue weighted by atomic mass is 9.74. The van der Waals surface area contributed by atoms with Gasteiger partial charge in [-0.2, -0.15) is 0 Å². The Morgan fingerprint density at radius 1 is 1.42 bits per heavy atom. The summed E-state index contributed by atoms with van der Waals surface area (Å²) < 4.78 is 19.1. The zero-order valence-electron chi connectivity index (χ0n) is 14.6. The SMILES string of the molecule is CN(CC(C)(C)O)C(=O)NCC1(c2cccc(F)c2)CCOCC1. The zero-order valence-corrected chi connectivity index (χ0v) is 14.6. The monoisotopic (exact) mass is 338 g/mol. The van der Waals surface area contributed by atoms with Gasteiger partial charge in [-0.25, -0.2) is 9.18 Å². The number of ether oxygens (including phenoxy) is 1. The van der Waals surface area contributed by atoms with Crippen LogP contribution in [0.2, 0.25) is 0 Å². The predicted octanol–water partition coefficient (Wildman–Crippen LogP) is 2.29. The van der Waals surface area contributed by atoms with Gasteiger partial charge in [-0.3, -0.25) is 0 Å². The number of halogens is 1. The Morgan fingerprint density at radius 2 is 2.08 bits per heavy atom. The van der Waals surface area contributed by atoms with Crippen LogP contribution in [-0.4, -0.2) is 55.0 Å². The maximum absolute atomic E-state index is 13.7. The molecular formula is C18H27FN2O3. The molecule has 2 amide bonds. The van der Waals surface area contributed by atoms with Crippen molar-refractivity contribution in [2.45, 2.75) is 37.7 Å². The molecule has 0 unspecified atom stereocenters. The number of nitrogens with zero attached hydrogens (tertiary/aromatic N) is 1. The van der Waals surface area contributed by atoms with Gasteiger partial charge in [0.25, 0.3) is 0 Å². The van der Waals surface area contributed by atoms with Crippen LogP contribution in [0.1, 0.15) is 32.3 Å². The van der Waals surface area contributed by atoms with Crippen molar-refractivity contribution in [1.29, 1.82) is 0 Å². The molecule has 0 saturated carbocycles. The van der Waals surface area contributed by atoms with Crippen LogP contribution in [0, 0.1) is 5.82 Å². The molecule has 0 bridgehead atoms. The summed E-state index contributed by atoms with van der Waals surface area (Å²) in [6, 6.07) is 6.31. The molecule has 5 nitrogen and oxygen atoms in total. The fraction of sp³-hybridized carbons (Fsp3) is 0.611. The number of nitrogens with one attached hydrogen (secondary N) is 1. The number of rotatable bonds is 5. The van der Waals surface area contributed by atoms with Crippen LogP contribution in [0.25, 0.3) is 0 Å². The van der Waals surface area contributed by atoms with Gasteiger partial charge in [-0.1, -0.05) is 12.1 Å². The number of aliphatic hydroxyl groups is 1. The fourth-order valence-electron chi connectivity index (χ4n) is 3.18. The van der Waals surface area contributed by atoms with Crippen LogP contribution >= 0.6 is 0 Å². The Labute approximate surface area is 142 Å². The highest BCUT2D eigenvalue weighted by Gasteiger charge is 2.35. The number of urea groups is 1. The number of benzene rings is 1. The van der Waals surface area contributed by atoms with Crippen molar-refractivity contribution in [3.8, 4) is 0 Å². The molecule has 0 atom stereocenters. The van der Waals surface area contributed by atoms with Crippen LogP contribution in [0.5, 0.6) is 0 Å². The minimum Gasteiger partial charge on any atom is -0.389 e. The lowest BCUT2D eigenvalue weighted by Gasteiger charge is -2.38. The molecule has 2 rings (SSSR count). The molecule has 0 radical (unpaired) electrons. The van der Waals surface area contributed by atoms with E-state index >= 15 is 0 Å². The summed E-state index contributed by atoms with van der Waals surface area (Å²) in [5.74, 6) is -0.274. The molecule has 1 heterocycles. The molecular weight excluding hydrogens is 311 g/mol. The van der Waals surface area contributed by atoms with Crippen molar-refractivity contribution in [1.82, 2.24) is 10.2 Å². The van der Waals surface area contributed by atoms with Gasteiger partial charge in [-0.05, 0) is 44.4 Å². The smallest absolute Gasteiger partial charge is 0.317 e. The first-order valence-corrected chi connectivity index (χ1v) is 8.27. The average Bonchev–Trinajstić information content (AvgIpc) is 2.52. The first kappa shape index (κ1) is 18.7. The summed E-state index contributed by atoms with van der Waals surface area (Å²) in [7, 11) is 1.64. The third-order valence-electron chi connectivity index (χ3n) is 4.44. The molecule has 134 valence electrons. The molecule has 1 aromatic rings. The first-order valence-electron chi connectivity index (χ1n) is 8.27. The third-order valence-corrected chi connectivity index (χ3v) is 4.44. The van der Waals surface area contributed by atoms with Gasteiger partial charge in [0.2, 0.25) is 0 Å². The van der Waals surface area contributed by atoms with Crippen LogP contribution < -0.4 is 5.32 Å². The Hall–Kier alpha value is -1.66. The fourth-order valence-corrected chi connectivity index (χ4v) is 3.18. The van der Waals surface area contributed by atoms with E-state index in [0.717, 1.165) is 18.4 Å². The summed E-state index contributed by atoms with van der Waals surface area (Å²) >= 11 is 0. The van der Waals surface area contributed by atoms with Crippen LogP contribution in [0.3, 0.4) is 0 Å². The molecule has 0 spiro atoms. The quantitative estimate of drug-likeness (QED) is 0.866. The Morgan fingerprint density at radius 3 is 2.67 bits per heavy atom. The second kappa shape index (κ2) is 7.49. The van der Waals surface area contributed by atoms with Crippen molar-refractivity contribution in [3.63, 3.8) is 0 Å². The van der Waals surface area contributed by atoms with E-state index in [9.17, 15) is 14.3 Å². The number of carbonyl (C=O) groups excluding carboxylic acids is 1. The topological polar surface area (TPSA) is 61.8 Å². The molecule has 1 fully saturated rings. The summed E-state index contributed by atoms with van der Waals surface area (Å²) in [6.07, 6.45) is 1.46. The lowest BCUT2D eigenvalue weighted by Crippen LogP contribution is -2.50. The van der Waals surface area contributed by atoms with E-state index in [0.29, 0.717) is 19.8 Å². The van der Waals surface area contributed by atoms with E-state index < -0.39 is 5.60 Å². The minimum atomic E-state index is -0.953. The van der Waals surface area contributed by atoms with Gasteiger partial charge in [0.05, 0.1) is 12.1 Å². The Bertz CT molecular complexity index is 566. The van der Waals surface area contributed by atoms with E-state index in [1.54, 1.807) is 27.0 Å². The normalized spacial score (nSPS) is 17.4. The molecule has 1 saturated heterocycles. The molecule has 0 aliphatic carbocycles. The standard InChI is InChI=1S/C18H27FN2O3/c1-17(2,23)13-21(3)16(22)20-12-18(7-9-24-10-8-18)14-5-4-6-15(19)11-14/h4-6,11,23H,7-10,12-13H2,1-3H3,(H,20,22). The van der Waals surface area contributed by atoms with E-state index in [4.69, 9.17) is 4.74 Å². The van der Waals surface area contributed by atoms with Crippen LogP contribution in [-0.2, 0) is 10.2 Å². The highest BCUT2D eigenvalue weighted by molar-refractivity contribution is 5.74. The maximum atomic E-state index is 13.7. The molecule has 0 aromatic heterocycles. The first-order chi connectivity index (χ1) is 11.2. The van der Waals surface area contributed by atoms with Gasteiger partial charge in [0, 0.05) is 32.2 Å². The van der Waals surface area contributed by atoms with E-state index in [1.165, 1.54) is 17.0 Å². The maximum Gasteiger partial charge on any atom is 0.317 e. The van der Waals surface area contributed by atoms with Crippen molar-refractivity contribution in [2.75, 3.05) is 33.4 Å². The van der Waals surface area contributed by atoms with Crippen molar-refractivity contribution in [3.05, 3.63) is 35.6 Å². The van der Waals surface area contributed by atoms with Gasteiger partial charge in [0.15, 0.2) is 0 Å². The molecule has 6 heteroatoms. The molecule has 1 aliphatic rings. The number of carbonyl (C=O) groups is 1. The summed E-state index contributed by atoms with van der Waals surface area (Å²) in [5.41, 5.74) is -0.396. The second-order valence-corrected chi connectivity index (χ2v) is 7.23. The molecule has 24 heavy (non-hydrogen) atoms. The minimum absolute atomic E-state index is 0.231. The zero-order chi connectivity index (χ0) is 17.8. The van der Waals surface area contributed by atoms with Gasteiger partial charge < -0.3 is 20.1 Å². The Balaban J connectivity index is 2.08. The summed E-state index contributed by atoms with van der Waals surface area (Å²) in [5, 5.41) is 12.8. The lowest BCUT2D eigenvalue weighted by molar-refractivity contribution is 0.0458. The largest absolute Gasteiger partial charge is 0.389 e. The van der Waals surface area contributed by atoms with E-state index in [-0.39, 0.29) is 23.8 Å². The Kier molecular flexibility index (Phi) is 5.83. The second-order valence-electron chi connectivity index (χ2n) is 7.23. The van der Waals surface area contributed by atoms with Gasteiger partial charge >= 0.3 is 6.03 Å². The molecule has 1 aliphatic heterocycles. The van der Waals surface area contributed by atoms with Crippen LogP contribution in [0.15, 0.2) is 24.3 Å². The van der Waals surface area contributed by atoms with Gasteiger partial charge in [0.1, 0.15) is 5.82 Å². The predicted molar refractivity (Wildman–Crippen MR) is 90.5 cm³/mol. The number of likely N-dealkylation sites (N-methyl/N-ethyl adjacent to an activating group) is 1. The van der Waals surface area contributed by atoms with Crippen molar-refractivity contribution < 1.29 is 19.0 Å². The van der Waals surface area contributed by atoms with Crippen LogP contribution in [0.4, 0.5) is 9.18 Å². The average molecular weight is 338 g/mol. The number of hydrogen-bond donors (Lipinski definition) is 2. The molecule has 1 aromatic carbocycles. The number of amides is 2. The third kappa shape index (κ3) is 4.92.